The first-order valence-corrected chi connectivity index (χ1v) is 4.45. The summed E-state index contributed by atoms with van der Waals surface area (Å²) in [6, 6.07) is 0. The van der Waals surface area contributed by atoms with E-state index >= 15 is 0 Å². The van der Waals surface area contributed by atoms with Crippen LogP contribution < -0.4 is 11.2 Å². The third-order valence-electron chi connectivity index (χ3n) is 1.85. The molecule has 1 rings (SSSR count). The van der Waals surface area contributed by atoms with Gasteiger partial charge in [-0.1, -0.05) is 12.2 Å². The van der Waals surface area contributed by atoms with Gasteiger partial charge in [0.25, 0.3) is 5.56 Å². The number of thiol groups is 1. The lowest BCUT2D eigenvalue weighted by Crippen LogP contribution is -2.39. The number of aromatic hydroxyl groups is 1. The molecule has 5 nitrogen and oxygen atoms in total. The molecule has 0 amide bonds. The maximum Gasteiger partial charge on any atom is 0.333 e. The van der Waals surface area contributed by atoms with Crippen LogP contribution in [0.1, 0.15) is 5.56 Å². The minimum Gasteiger partial charge on any atom is -0.494 e. The molecule has 0 atom stereocenters. The van der Waals surface area contributed by atoms with Crippen LogP contribution in [0, 0.1) is 0 Å². The third-order valence-corrected chi connectivity index (χ3v) is 2.28. The highest BCUT2D eigenvalue weighted by Crippen LogP contribution is 2.11. The van der Waals surface area contributed by atoms with Crippen LogP contribution in [0.2, 0.25) is 0 Å². The molecule has 1 N–H and O–H groups in total. The first-order valence-electron chi connectivity index (χ1n) is 3.60. The van der Waals surface area contributed by atoms with Gasteiger partial charge in [0.05, 0.1) is 4.20 Å². The molecule has 14 heavy (non-hydrogen) atoms. The van der Waals surface area contributed by atoms with Crippen molar-refractivity contribution in [2.24, 2.45) is 14.1 Å². The van der Waals surface area contributed by atoms with Gasteiger partial charge in [0.1, 0.15) is 5.56 Å². The Morgan fingerprint density at radius 2 is 1.86 bits per heavy atom. The minimum absolute atomic E-state index is 0.0429. The van der Waals surface area contributed by atoms with E-state index in [0.29, 0.717) is 0 Å². The number of rotatable bonds is 1. The van der Waals surface area contributed by atoms with Gasteiger partial charge in [-0.2, -0.15) is 0 Å². The molecule has 7 heteroatoms. The summed E-state index contributed by atoms with van der Waals surface area (Å²) in [6.45, 7) is 0. The van der Waals surface area contributed by atoms with Crippen LogP contribution in [0.15, 0.2) is 9.59 Å². The fourth-order valence-corrected chi connectivity index (χ4v) is 1.39. The minimum atomic E-state index is -0.648. The summed E-state index contributed by atoms with van der Waals surface area (Å²) in [5.41, 5.74) is -1.39. The highest BCUT2D eigenvalue weighted by molar-refractivity contribution is 8.11. The van der Waals surface area contributed by atoms with Gasteiger partial charge >= 0.3 is 5.69 Å². The van der Waals surface area contributed by atoms with Crippen molar-refractivity contribution in [1.82, 2.24) is 9.13 Å². The van der Waals surface area contributed by atoms with Gasteiger partial charge in [0.2, 0.25) is 5.88 Å². The Labute approximate surface area is 90.0 Å². The van der Waals surface area contributed by atoms with Crippen molar-refractivity contribution in [3.8, 4) is 5.88 Å². The Hall–Kier alpha value is -1.08. The van der Waals surface area contributed by atoms with Crippen molar-refractivity contribution in [2.75, 3.05) is 0 Å². The molecule has 76 valence electrons. The lowest BCUT2D eigenvalue weighted by molar-refractivity contribution is 0.410. The van der Waals surface area contributed by atoms with E-state index in [4.69, 9.17) is 0 Å². The molecular formula is C7H8N2O3S2. The van der Waals surface area contributed by atoms with Gasteiger partial charge in [-0.25, -0.2) is 4.79 Å². The molecule has 0 aromatic carbocycles. The van der Waals surface area contributed by atoms with E-state index in [1.165, 1.54) is 14.1 Å². The molecule has 1 aromatic rings. The maximum atomic E-state index is 11.5. The predicted octanol–water partition coefficient (Wildman–Crippen LogP) is -0.605. The summed E-state index contributed by atoms with van der Waals surface area (Å²) in [5, 5.41) is 9.47. The molecular weight excluding hydrogens is 224 g/mol. The van der Waals surface area contributed by atoms with Gasteiger partial charge in [0.15, 0.2) is 0 Å². The summed E-state index contributed by atoms with van der Waals surface area (Å²) < 4.78 is 1.75. The number of hydrogen-bond acceptors (Lipinski definition) is 4. The van der Waals surface area contributed by atoms with Gasteiger partial charge in [-0.15, -0.1) is 12.6 Å². The van der Waals surface area contributed by atoms with E-state index in [0.717, 1.165) is 9.13 Å². The monoisotopic (exact) mass is 232 g/mol. The van der Waals surface area contributed by atoms with E-state index in [9.17, 15) is 14.7 Å². The van der Waals surface area contributed by atoms with E-state index in [2.05, 4.69) is 24.8 Å². The average molecular weight is 232 g/mol. The Morgan fingerprint density at radius 3 is 2.29 bits per heavy atom. The van der Waals surface area contributed by atoms with Gasteiger partial charge < -0.3 is 5.11 Å². The SMILES string of the molecule is Cn1c(O)c(C(=S)S)c(=O)n(C)c1=O. The number of aromatic nitrogens is 2. The van der Waals surface area contributed by atoms with Crippen LogP contribution in [0.3, 0.4) is 0 Å². The van der Waals surface area contributed by atoms with Crippen LogP contribution in [-0.2, 0) is 14.1 Å². The number of hydrogen-bond donors (Lipinski definition) is 2. The van der Waals surface area contributed by atoms with Crippen molar-refractivity contribution in [3.63, 3.8) is 0 Å². The third kappa shape index (κ3) is 1.48. The fourth-order valence-electron chi connectivity index (χ4n) is 1.02. The van der Waals surface area contributed by atoms with Crippen LogP contribution in [0.25, 0.3) is 0 Å². The van der Waals surface area contributed by atoms with Gasteiger partial charge in [0, 0.05) is 14.1 Å². The molecule has 0 fully saturated rings. The van der Waals surface area contributed by atoms with Gasteiger partial charge in [-0.05, 0) is 0 Å². The second-order valence-electron chi connectivity index (χ2n) is 2.71. The largest absolute Gasteiger partial charge is 0.494 e. The maximum absolute atomic E-state index is 11.5. The van der Waals surface area contributed by atoms with E-state index in [1.807, 2.05) is 0 Å². The smallest absolute Gasteiger partial charge is 0.333 e. The lowest BCUT2D eigenvalue weighted by atomic mass is 10.3. The Bertz CT molecular complexity index is 515. The summed E-state index contributed by atoms with van der Waals surface area (Å²) in [6.07, 6.45) is 0. The molecule has 0 spiro atoms. The summed E-state index contributed by atoms with van der Waals surface area (Å²) in [7, 11) is 2.65. The molecule has 0 aliphatic heterocycles. The molecule has 1 heterocycles. The molecule has 0 aliphatic carbocycles. The Kier molecular flexibility index (Phi) is 2.81. The average Bonchev–Trinajstić information content (AvgIpc) is 2.11. The highest BCUT2D eigenvalue weighted by Gasteiger charge is 2.16. The van der Waals surface area contributed by atoms with Gasteiger partial charge in [-0.3, -0.25) is 13.9 Å². The predicted molar refractivity (Wildman–Crippen MR) is 59.3 cm³/mol. The Morgan fingerprint density at radius 1 is 1.36 bits per heavy atom. The number of nitrogens with zero attached hydrogens (tertiary/aromatic N) is 2. The quantitative estimate of drug-likeness (QED) is 0.501. The summed E-state index contributed by atoms with van der Waals surface area (Å²) in [5.74, 6) is -0.460. The second-order valence-corrected chi connectivity index (χ2v) is 3.87. The number of thiocarbonyl (C=S) groups is 1. The Balaban J connectivity index is 3.88. The lowest BCUT2D eigenvalue weighted by Gasteiger charge is -2.08. The zero-order valence-corrected chi connectivity index (χ0v) is 9.22. The highest BCUT2D eigenvalue weighted by atomic mass is 32.1. The topological polar surface area (TPSA) is 64.2 Å². The summed E-state index contributed by atoms with van der Waals surface area (Å²) in [4.78, 5) is 22.7. The first-order chi connectivity index (χ1) is 6.37. The molecule has 1 aromatic heterocycles. The fraction of sp³-hybridized carbons (Fsp3) is 0.286. The molecule has 0 aliphatic rings. The zero-order chi connectivity index (χ0) is 11.0. The van der Waals surface area contributed by atoms with Crippen molar-refractivity contribution in [1.29, 1.82) is 0 Å². The van der Waals surface area contributed by atoms with Crippen LogP contribution in [0.4, 0.5) is 0 Å². The van der Waals surface area contributed by atoms with Crippen LogP contribution in [-0.4, -0.2) is 18.4 Å². The van der Waals surface area contributed by atoms with E-state index < -0.39 is 17.1 Å². The van der Waals surface area contributed by atoms with Crippen molar-refractivity contribution in [3.05, 3.63) is 26.4 Å². The second kappa shape index (κ2) is 3.58. The molecule has 0 saturated heterocycles. The summed E-state index contributed by atoms with van der Waals surface area (Å²) >= 11 is 8.47. The van der Waals surface area contributed by atoms with Crippen molar-refractivity contribution < 1.29 is 5.11 Å². The van der Waals surface area contributed by atoms with E-state index in [1.54, 1.807) is 0 Å². The molecule has 0 bridgehead atoms. The van der Waals surface area contributed by atoms with E-state index in [-0.39, 0.29) is 9.76 Å². The van der Waals surface area contributed by atoms with Crippen LogP contribution in [0.5, 0.6) is 5.88 Å². The molecule has 0 unspecified atom stereocenters. The zero-order valence-electron chi connectivity index (χ0n) is 7.51. The standard InChI is InChI=1S/C7H8N2O3S2/c1-8-4(10)3(6(13)14)5(11)9(2)7(8)12/h10H,1-2H3,(H,13,14). The van der Waals surface area contributed by atoms with Crippen LogP contribution >= 0.6 is 24.8 Å². The molecule has 0 saturated carbocycles. The van der Waals surface area contributed by atoms with Crippen molar-refractivity contribution in [2.45, 2.75) is 0 Å². The molecule has 0 radical (unpaired) electrons. The normalized spacial score (nSPS) is 10.2. The first kappa shape index (κ1) is 11.0. The van der Waals surface area contributed by atoms with Crippen molar-refractivity contribution >= 4 is 29.0 Å².